The van der Waals surface area contributed by atoms with Crippen molar-refractivity contribution in [3.8, 4) is 0 Å². The molecule has 0 saturated carbocycles. The van der Waals surface area contributed by atoms with Crippen molar-refractivity contribution in [3.05, 3.63) is 52.5 Å². The predicted octanol–water partition coefficient (Wildman–Crippen LogP) is 3.82. The molecule has 1 heterocycles. The normalized spacial score (nSPS) is 12.7. The van der Waals surface area contributed by atoms with Gasteiger partial charge in [-0.3, -0.25) is 5.41 Å². The second-order valence-electron chi connectivity index (χ2n) is 5.56. The quantitative estimate of drug-likeness (QED) is 0.366. The second kappa shape index (κ2) is 7.84. The summed E-state index contributed by atoms with van der Waals surface area (Å²) in [6, 6.07) is 12.5. The number of benzene rings is 2. The van der Waals surface area contributed by atoms with Crippen LogP contribution in [-0.2, 0) is 12.8 Å². The van der Waals surface area contributed by atoms with Crippen molar-refractivity contribution in [3.63, 3.8) is 0 Å². The van der Waals surface area contributed by atoms with E-state index in [4.69, 9.17) is 17.0 Å². The molecule has 0 bridgehead atoms. The second-order valence-corrected chi connectivity index (χ2v) is 5.97. The van der Waals surface area contributed by atoms with Crippen molar-refractivity contribution in [1.82, 2.24) is 5.32 Å². The van der Waals surface area contributed by atoms with Crippen molar-refractivity contribution < 1.29 is 0 Å². The van der Waals surface area contributed by atoms with Crippen LogP contribution in [0.25, 0.3) is 0 Å². The highest BCUT2D eigenvalue weighted by Crippen LogP contribution is 2.35. The lowest BCUT2D eigenvalue weighted by molar-refractivity contribution is 0.922. The molecule has 0 atom stereocenters. The van der Waals surface area contributed by atoms with Crippen LogP contribution in [0.4, 0.5) is 17.1 Å². The summed E-state index contributed by atoms with van der Waals surface area (Å²) in [6.45, 7) is 1.40. The maximum Gasteiger partial charge on any atom is 0.108 e. The molecular weight excluding hydrogens is 322 g/mol. The van der Waals surface area contributed by atoms with Crippen LogP contribution in [0.2, 0.25) is 5.02 Å². The third-order valence-electron chi connectivity index (χ3n) is 3.97. The summed E-state index contributed by atoms with van der Waals surface area (Å²) in [5, 5.41) is 17.4. The van der Waals surface area contributed by atoms with E-state index in [0.717, 1.165) is 41.3 Å². The summed E-state index contributed by atoms with van der Waals surface area (Å²) in [4.78, 5) is 3.67. The van der Waals surface area contributed by atoms with E-state index in [1.54, 1.807) is 0 Å². The number of aliphatic imine (C=N–C) groups is 1. The van der Waals surface area contributed by atoms with Crippen molar-refractivity contribution in [2.75, 3.05) is 23.7 Å². The average Bonchev–Trinajstić information content (AvgIpc) is 2.77. The van der Waals surface area contributed by atoms with Gasteiger partial charge in [0.1, 0.15) is 6.34 Å². The average molecular weight is 342 g/mol. The number of hydrogen-bond acceptors (Lipinski definition) is 3. The molecule has 1 aliphatic rings. The number of nitrogens with one attached hydrogen (secondary N) is 4. The van der Waals surface area contributed by atoms with E-state index in [-0.39, 0.29) is 0 Å². The zero-order valence-electron chi connectivity index (χ0n) is 13.3. The molecule has 6 heteroatoms. The summed E-state index contributed by atoms with van der Waals surface area (Å²) in [6.07, 6.45) is 4.48. The fraction of sp³-hybridized carbons (Fsp3) is 0.222. The predicted molar refractivity (Wildman–Crippen MR) is 102 cm³/mol. The minimum Gasteiger partial charge on any atom is -0.382 e. The van der Waals surface area contributed by atoms with Crippen molar-refractivity contribution in [2.45, 2.75) is 12.8 Å². The summed E-state index contributed by atoms with van der Waals surface area (Å²) in [5.74, 6) is 0. The van der Waals surface area contributed by atoms with Crippen LogP contribution in [-0.4, -0.2) is 25.8 Å². The standard InChI is InChI=1S/C18H20ClN5/c19-15-9-14-6-5-13-3-1-2-4-16(13)24-17(14)10-18(15)23-8-7-21-12-22-11-20/h1-4,9-12,23-24H,5-8H2,(H2,20,21,22). The molecule has 0 fully saturated rings. The number of nitrogens with zero attached hydrogens (tertiary/aromatic N) is 1. The SMILES string of the molecule is N=C/N=C\NCCNc1cc2c(cc1Cl)CCc1ccccc1N2. The first-order chi connectivity index (χ1) is 11.8. The lowest BCUT2D eigenvalue weighted by Gasteiger charge is -2.14. The summed E-state index contributed by atoms with van der Waals surface area (Å²) >= 11 is 6.42. The number of aryl methyl sites for hydroxylation is 2. The van der Waals surface area contributed by atoms with Gasteiger partial charge >= 0.3 is 0 Å². The lowest BCUT2D eigenvalue weighted by atomic mass is 10.0. The van der Waals surface area contributed by atoms with Gasteiger partial charge in [0.15, 0.2) is 0 Å². The number of hydrogen-bond donors (Lipinski definition) is 4. The minimum absolute atomic E-state index is 0.695. The molecule has 1 aliphatic heterocycles. The highest BCUT2D eigenvalue weighted by atomic mass is 35.5. The van der Waals surface area contributed by atoms with Crippen molar-refractivity contribution >= 4 is 41.3 Å². The van der Waals surface area contributed by atoms with Crippen LogP contribution in [0.15, 0.2) is 41.4 Å². The number of rotatable bonds is 6. The lowest BCUT2D eigenvalue weighted by Crippen LogP contribution is -2.20. The van der Waals surface area contributed by atoms with Gasteiger partial charge in [-0.15, -0.1) is 0 Å². The van der Waals surface area contributed by atoms with Crippen molar-refractivity contribution in [2.24, 2.45) is 4.99 Å². The Hall–Kier alpha value is -2.53. The summed E-state index contributed by atoms with van der Waals surface area (Å²) in [7, 11) is 0. The Morgan fingerprint density at radius 1 is 1.12 bits per heavy atom. The molecule has 0 amide bonds. The summed E-state index contributed by atoms with van der Waals surface area (Å²) in [5.41, 5.74) is 5.74. The number of halogens is 1. The zero-order chi connectivity index (χ0) is 16.8. The molecule has 0 aliphatic carbocycles. The Bertz CT molecular complexity index is 757. The number of para-hydroxylation sites is 1. The van der Waals surface area contributed by atoms with Crippen LogP contribution in [0, 0.1) is 5.41 Å². The molecular formula is C18H20ClN5. The molecule has 2 aromatic carbocycles. The van der Waals surface area contributed by atoms with Crippen LogP contribution in [0.5, 0.6) is 0 Å². The zero-order valence-corrected chi connectivity index (χ0v) is 14.0. The van der Waals surface area contributed by atoms with E-state index in [9.17, 15) is 0 Å². The van der Waals surface area contributed by atoms with Crippen LogP contribution in [0.3, 0.4) is 0 Å². The van der Waals surface area contributed by atoms with Crippen LogP contribution >= 0.6 is 11.6 Å². The van der Waals surface area contributed by atoms with E-state index in [2.05, 4.69) is 45.2 Å². The largest absolute Gasteiger partial charge is 0.382 e. The molecule has 124 valence electrons. The molecule has 0 unspecified atom stereocenters. The Morgan fingerprint density at radius 2 is 1.96 bits per heavy atom. The molecule has 0 aromatic heterocycles. The van der Waals surface area contributed by atoms with E-state index in [1.807, 2.05) is 12.1 Å². The minimum atomic E-state index is 0.695. The first-order valence-corrected chi connectivity index (χ1v) is 8.31. The third kappa shape index (κ3) is 3.86. The monoisotopic (exact) mass is 341 g/mol. The fourth-order valence-corrected chi connectivity index (χ4v) is 3.02. The Kier molecular flexibility index (Phi) is 5.33. The van der Waals surface area contributed by atoms with E-state index >= 15 is 0 Å². The molecule has 4 N–H and O–H groups in total. The Labute approximate surface area is 146 Å². The maximum absolute atomic E-state index is 6.80. The van der Waals surface area contributed by atoms with Crippen LogP contribution < -0.4 is 16.0 Å². The first kappa shape index (κ1) is 16.3. The summed E-state index contributed by atoms with van der Waals surface area (Å²) < 4.78 is 0. The highest BCUT2D eigenvalue weighted by Gasteiger charge is 2.14. The molecule has 3 rings (SSSR count). The van der Waals surface area contributed by atoms with E-state index in [1.165, 1.54) is 17.5 Å². The van der Waals surface area contributed by atoms with E-state index in [0.29, 0.717) is 13.1 Å². The van der Waals surface area contributed by atoms with Gasteiger partial charge in [0.25, 0.3) is 0 Å². The smallest absolute Gasteiger partial charge is 0.108 e. The van der Waals surface area contributed by atoms with Gasteiger partial charge in [0.05, 0.1) is 17.0 Å². The molecule has 2 aromatic rings. The topological polar surface area (TPSA) is 72.3 Å². The van der Waals surface area contributed by atoms with Gasteiger partial charge in [-0.05, 0) is 42.2 Å². The maximum atomic E-state index is 6.80. The van der Waals surface area contributed by atoms with E-state index < -0.39 is 0 Å². The molecule has 0 saturated heterocycles. The molecule has 0 spiro atoms. The highest BCUT2D eigenvalue weighted by molar-refractivity contribution is 6.33. The van der Waals surface area contributed by atoms with Gasteiger partial charge in [0, 0.05) is 24.5 Å². The van der Waals surface area contributed by atoms with Gasteiger partial charge in [-0.25, -0.2) is 4.99 Å². The van der Waals surface area contributed by atoms with Gasteiger partial charge in [-0.2, -0.15) is 0 Å². The molecule has 5 nitrogen and oxygen atoms in total. The fourth-order valence-electron chi connectivity index (χ4n) is 2.77. The van der Waals surface area contributed by atoms with Crippen LogP contribution in [0.1, 0.15) is 11.1 Å². The first-order valence-electron chi connectivity index (χ1n) is 7.93. The third-order valence-corrected chi connectivity index (χ3v) is 4.28. The Morgan fingerprint density at radius 3 is 2.83 bits per heavy atom. The molecule has 0 radical (unpaired) electrons. The number of anilines is 3. The van der Waals surface area contributed by atoms with Crippen molar-refractivity contribution in [1.29, 1.82) is 5.41 Å². The Balaban J connectivity index is 1.71. The van der Waals surface area contributed by atoms with Gasteiger partial charge < -0.3 is 16.0 Å². The van der Waals surface area contributed by atoms with Gasteiger partial charge in [0.2, 0.25) is 0 Å². The van der Waals surface area contributed by atoms with Gasteiger partial charge in [-0.1, -0.05) is 29.8 Å². The number of fused-ring (bicyclic) bond motifs is 2. The molecule has 24 heavy (non-hydrogen) atoms.